The van der Waals surface area contributed by atoms with Crippen molar-refractivity contribution >= 4 is 26.5 Å². The molecule has 1 aromatic carbocycles. The van der Waals surface area contributed by atoms with Gasteiger partial charge in [0.1, 0.15) is 0 Å². The fourth-order valence-corrected chi connectivity index (χ4v) is 22.4. The van der Waals surface area contributed by atoms with Crippen molar-refractivity contribution in [3.05, 3.63) is 44.4 Å². The van der Waals surface area contributed by atoms with Gasteiger partial charge in [0, 0.05) is 0 Å². The molecule has 178 valence electrons. The second-order valence-electron chi connectivity index (χ2n) is 13.5. The van der Waals surface area contributed by atoms with Crippen molar-refractivity contribution in [3.63, 3.8) is 0 Å². The molecule has 0 saturated heterocycles. The van der Waals surface area contributed by atoms with Gasteiger partial charge < -0.3 is 0 Å². The van der Waals surface area contributed by atoms with Crippen molar-refractivity contribution in [3.8, 4) is 0 Å². The first-order chi connectivity index (χ1) is 14.6. The standard InChI is InChI=1S/C26H41Si2.3CH3.Ti/c1-19-15-24(27(6,7)8)17-25(16-19)28(9,23-13-11-10-12-14-23)26(5)18-20(2)21(3)22(26)4;;;;/h15-17,23H,10-14H2,1-9H3;3*1H3;. The van der Waals surface area contributed by atoms with Crippen LogP contribution < -0.4 is 10.4 Å². The molecule has 0 amide bonds. The molecule has 32 heavy (non-hydrogen) atoms. The molecule has 2 aliphatic carbocycles. The van der Waals surface area contributed by atoms with E-state index in [1.807, 2.05) is 3.88 Å². The molecule has 2 atom stereocenters. The third kappa shape index (κ3) is 4.21. The summed E-state index contributed by atoms with van der Waals surface area (Å²) in [7, 11) is -3.30. The molecule has 3 rings (SSSR count). The Kier molecular flexibility index (Phi) is 7.28. The molecule has 0 N–H and O–H groups in total. The van der Waals surface area contributed by atoms with E-state index >= 15 is 0 Å². The second-order valence-corrected chi connectivity index (χ2v) is 31.2. The van der Waals surface area contributed by atoms with Crippen LogP contribution in [0.25, 0.3) is 0 Å². The summed E-state index contributed by atoms with van der Waals surface area (Å²) in [6.45, 7) is 22.9. The van der Waals surface area contributed by atoms with Crippen molar-refractivity contribution in [2.24, 2.45) is 0 Å². The second kappa shape index (κ2) is 8.81. The van der Waals surface area contributed by atoms with Crippen molar-refractivity contribution in [1.82, 2.24) is 0 Å². The summed E-state index contributed by atoms with van der Waals surface area (Å²) in [5, 5.41) is 11.7. The number of allylic oxidation sites excluding steroid dienone is 4. The third-order valence-corrected chi connectivity index (χ3v) is 22.0. The van der Waals surface area contributed by atoms with Crippen LogP contribution in [-0.4, -0.2) is 16.1 Å². The first-order valence-corrected chi connectivity index (χ1v) is 24.6. The van der Waals surface area contributed by atoms with E-state index in [0.29, 0.717) is 0 Å². The van der Waals surface area contributed by atoms with Crippen LogP contribution in [-0.2, 0) is 16.6 Å². The van der Waals surface area contributed by atoms with Crippen molar-refractivity contribution in [1.29, 1.82) is 0 Å². The maximum absolute atomic E-state index is 2.83. The molecule has 0 radical (unpaired) electrons. The van der Waals surface area contributed by atoms with Gasteiger partial charge in [0.25, 0.3) is 0 Å². The molecular weight excluding hydrogens is 452 g/mol. The Morgan fingerprint density at radius 1 is 0.781 bits per heavy atom. The van der Waals surface area contributed by atoms with Crippen LogP contribution >= 0.6 is 0 Å². The Balaban J connectivity index is 2.39. The van der Waals surface area contributed by atoms with Crippen LogP contribution in [0.5, 0.6) is 0 Å². The topological polar surface area (TPSA) is 0 Å². The average molecular weight is 503 g/mol. The van der Waals surface area contributed by atoms with Crippen molar-refractivity contribution < 1.29 is 16.6 Å². The summed E-state index contributed by atoms with van der Waals surface area (Å²) >= 11 is -2.08. The van der Waals surface area contributed by atoms with Crippen LogP contribution in [0.4, 0.5) is 0 Å². The fraction of sp³-hybridized carbons (Fsp3) is 0.655. The van der Waals surface area contributed by atoms with Gasteiger partial charge in [-0.3, -0.25) is 0 Å². The van der Waals surface area contributed by atoms with E-state index in [0.717, 1.165) is 5.54 Å². The van der Waals surface area contributed by atoms with Gasteiger partial charge >= 0.3 is 207 Å². The van der Waals surface area contributed by atoms with Crippen LogP contribution in [0.3, 0.4) is 0 Å². The average Bonchev–Trinajstić information content (AvgIpc) is 2.87. The van der Waals surface area contributed by atoms with E-state index in [9.17, 15) is 0 Å². The Hall–Kier alpha value is -0.152. The van der Waals surface area contributed by atoms with Gasteiger partial charge in [0.2, 0.25) is 0 Å². The predicted octanol–water partition coefficient (Wildman–Crippen LogP) is 8.84. The molecule has 1 saturated carbocycles. The van der Waals surface area contributed by atoms with E-state index in [2.05, 4.69) is 94.7 Å². The molecule has 1 aromatic rings. The summed E-state index contributed by atoms with van der Waals surface area (Å²) in [6, 6.07) is 7.88. The van der Waals surface area contributed by atoms with Gasteiger partial charge in [0.15, 0.2) is 0 Å². The molecular formula is C29H50Si2Ti. The molecule has 0 aliphatic heterocycles. The number of hydrogen-bond donors (Lipinski definition) is 0. The van der Waals surface area contributed by atoms with Crippen LogP contribution in [0, 0.1) is 6.92 Å². The molecule has 2 unspecified atom stereocenters. The normalized spacial score (nSPS) is 25.5. The van der Waals surface area contributed by atoms with Gasteiger partial charge in [0.05, 0.1) is 0 Å². The quantitative estimate of drug-likeness (QED) is 0.353. The van der Waals surface area contributed by atoms with Gasteiger partial charge in [-0.2, -0.15) is 0 Å². The van der Waals surface area contributed by atoms with Crippen LogP contribution in [0.15, 0.2) is 38.8 Å². The number of benzene rings is 1. The zero-order valence-corrected chi connectivity index (χ0v) is 26.9. The zero-order chi connectivity index (χ0) is 24.3. The molecule has 0 nitrogen and oxygen atoms in total. The molecule has 3 heteroatoms. The number of aryl methyl sites for hydroxylation is 1. The summed E-state index contributed by atoms with van der Waals surface area (Å²) in [6.07, 6.45) is 7.21. The van der Waals surface area contributed by atoms with E-state index in [1.54, 1.807) is 27.1 Å². The first kappa shape index (κ1) is 26.5. The molecule has 0 aromatic heterocycles. The Labute approximate surface area is 205 Å². The van der Waals surface area contributed by atoms with Gasteiger partial charge in [-0.15, -0.1) is 0 Å². The molecule has 0 bridgehead atoms. The van der Waals surface area contributed by atoms with Crippen molar-refractivity contribution in [2.75, 3.05) is 0 Å². The molecule has 0 heterocycles. The SMILES string of the molecule is CC1=C(C)C(C)([Si](C)(c2cc(C)cc([Si](C)(C)C)c2)C2CCCCC2)[C]([Ti]([CH3])([CH3])[CH3])=C1C. The predicted molar refractivity (Wildman–Crippen MR) is 149 cm³/mol. The first-order valence-electron chi connectivity index (χ1n) is 13.1. The summed E-state index contributed by atoms with van der Waals surface area (Å²) in [4.78, 5) is 0. The summed E-state index contributed by atoms with van der Waals surface area (Å²) < 4.78 is 1.93. The Bertz CT molecular complexity index is 950. The Morgan fingerprint density at radius 2 is 1.31 bits per heavy atom. The minimum atomic E-state index is -2.08. The minimum absolute atomic E-state index is 0.270. The third-order valence-electron chi connectivity index (χ3n) is 9.50. The number of rotatable bonds is 5. The number of hydrogen-bond acceptors (Lipinski definition) is 0. The van der Waals surface area contributed by atoms with Gasteiger partial charge in [-0.05, 0) is 0 Å². The Morgan fingerprint density at radius 3 is 1.81 bits per heavy atom. The summed E-state index contributed by atoms with van der Waals surface area (Å²) in [5.41, 5.74) is 7.40. The molecule has 0 spiro atoms. The van der Waals surface area contributed by atoms with E-state index in [1.165, 1.54) is 37.7 Å². The molecule has 1 fully saturated rings. The van der Waals surface area contributed by atoms with E-state index in [4.69, 9.17) is 0 Å². The van der Waals surface area contributed by atoms with Crippen molar-refractivity contribution in [2.45, 2.75) is 119 Å². The monoisotopic (exact) mass is 502 g/mol. The summed E-state index contributed by atoms with van der Waals surface area (Å²) in [5.74, 6) is 0. The van der Waals surface area contributed by atoms with Gasteiger partial charge in [-0.25, -0.2) is 0 Å². The fourth-order valence-electron chi connectivity index (χ4n) is 7.50. The zero-order valence-electron chi connectivity index (χ0n) is 23.3. The van der Waals surface area contributed by atoms with Crippen LogP contribution in [0.2, 0.25) is 52.5 Å². The van der Waals surface area contributed by atoms with E-state index < -0.39 is 32.7 Å². The van der Waals surface area contributed by atoms with E-state index in [-0.39, 0.29) is 5.04 Å². The van der Waals surface area contributed by atoms with Gasteiger partial charge in [-0.1, -0.05) is 0 Å². The maximum atomic E-state index is 2.83. The van der Waals surface area contributed by atoms with Crippen LogP contribution in [0.1, 0.15) is 65.4 Å². The molecule has 2 aliphatic rings.